The van der Waals surface area contributed by atoms with Gasteiger partial charge in [-0.1, -0.05) is 188 Å². The SMILES string of the molecule is c1ccc(-c2ccc(N(c3ccc4cc(-c5ccccc5)ccc4c3)c3cccc4c3-c3ccccc3C4(c3ccccc3)c3ccccc3)cc2)cc1. The minimum atomic E-state index is -0.482. The summed E-state index contributed by atoms with van der Waals surface area (Å²) in [5, 5.41) is 2.42. The lowest BCUT2D eigenvalue weighted by atomic mass is 9.68. The Balaban J connectivity index is 1.21. The van der Waals surface area contributed by atoms with Crippen LogP contribution in [-0.2, 0) is 5.41 Å². The van der Waals surface area contributed by atoms with Crippen LogP contribution in [0.1, 0.15) is 22.3 Å². The number of anilines is 3. The normalized spacial score (nSPS) is 12.6. The summed E-state index contributed by atoms with van der Waals surface area (Å²) >= 11 is 0. The molecule has 0 fully saturated rings. The van der Waals surface area contributed by atoms with E-state index in [1.807, 2.05) is 0 Å². The molecule has 9 aromatic carbocycles. The predicted molar refractivity (Wildman–Crippen MR) is 227 cm³/mol. The summed E-state index contributed by atoms with van der Waals surface area (Å²) in [5.41, 5.74) is 15.4. The van der Waals surface area contributed by atoms with Crippen molar-refractivity contribution in [2.24, 2.45) is 0 Å². The molecule has 0 amide bonds. The van der Waals surface area contributed by atoms with E-state index in [1.54, 1.807) is 0 Å². The number of rotatable bonds is 7. The Bertz CT molecular complexity index is 2700. The van der Waals surface area contributed by atoms with Crippen molar-refractivity contribution in [1.82, 2.24) is 0 Å². The molecular weight excluding hydrogens is 651 g/mol. The molecule has 0 spiro atoms. The molecule has 0 saturated carbocycles. The minimum absolute atomic E-state index is 0.482. The summed E-state index contributed by atoms with van der Waals surface area (Å²) in [6.45, 7) is 0. The Labute approximate surface area is 317 Å². The Hall–Kier alpha value is -6.96. The quantitative estimate of drug-likeness (QED) is 0.161. The molecule has 0 aliphatic heterocycles. The monoisotopic (exact) mass is 687 g/mol. The molecule has 0 atom stereocenters. The van der Waals surface area contributed by atoms with Crippen molar-refractivity contribution in [3.8, 4) is 33.4 Å². The van der Waals surface area contributed by atoms with E-state index in [2.05, 4.69) is 229 Å². The van der Waals surface area contributed by atoms with E-state index >= 15 is 0 Å². The molecule has 54 heavy (non-hydrogen) atoms. The molecule has 1 aliphatic carbocycles. The summed E-state index contributed by atoms with van der Waals surface area (Å²) < 4.78 is 0. The van der Waals surface area contributed by atoms with E-state index in [0.29, 0.717) is 0 Å². The van der Waals surface area contributed by atoms with Crippen LogP contribution in [0, 0.1) is 0 Å². The molecule has 0 N–H and O–H groups in total. The Morgan fingerprint density at radius 2 is 0.796 bits per heavy atom. The molecule has 0 bridgehead atoms. The lowest BCUT2D eigenvalue weighted by molar-refractivity contribution is 0.768. The van der Waals surface area contributed by atoms with Crippen LogP contribution < -0.4 is 4.90 Å². The highest BCUT2D eigenvalue weighted by Crippen LogP contribution is 2.59. The largest absolute Gasteiger partial charge is 0.310 e. The molecule has 0 unspecified atom stereocenters. The smallest absolute Gasteiger partial charge is 0.0714 e. The first-order valence-corrected chi connectivity index (χ1v) is 18.7. The summed E-state index contributed by atoms with van der Waals surface area (Å²) in [6, 6.07) is 82.0. The lowest BCUT2D eigenvalue weighted by Crippen LogP contribution is -2.28. The van der Waals surface area contributed by atoms with Crippen molar-refractivity contribution in [3.05, 3.63) is 247 Å². The molecule has 0 aromatic heterocycles. The zero-order valence-corrected chi connectivity index (χ0v) is 29.8. The highest BCUT2D eigenvalue weighted by molar-refractivity contribution is 5.99. The third kappa shape index (κ3) is 5.17. The number of benzene rings is 9. The van der Waals surface area contributed by atoms with Gasteiger partial charge in [-0.3, -0.25) is 0 Å². The average Bonchev–Trinajstić information content (AvgIpc) is 3.57. The first-order chi connectivity index (χ1) is 26.8. The maximum atomic E-state index is 2.46. The third-order valence-electron chi connectivity index (χ3n) is 11.1. The molecule has 0 saturated heterocycles. The van der Waals surface area contributed by atoms with Crippen LogP contribution in [0.2, 0.25) is 0 Å². The van der Waals surface area contributed by atoms with Crippen LogP contribution in [0.15, 0.2) is 224 Å². The van der Waals surface area contributed by atoms with Crippen LogP contribution in [-0.4, -0.2) is 0 Å². The van der Waals surface area contributed by atoms with E-state index < -0.39 is 5.41 Å². The van der Waals surface area contributed by atoms with Crippen molar-refractivity contribution in [3.63, 3.8) is 0 Å². The fourth-order valence-electron chi connectivity index (χ4n) is 8.70. The number of nitrogens with zero attached hydrogens (tertiary/aromatic N) is 1. The van der Waals surface area contributed by atoms with E-state index in [9.17, 15) is 0 Å². The van der Waals surface area contributed by atoms with E-state index in [0.717, 1.165) is 17.1 Å². The Kier molecular flexibility index (Phi) is 7.78. The average molecular weight is 688 g/mol. The molecule has 0 heterocycles. The van der Waals surface area contributed by atoms with Gasteiger partial charge in [0.25, 0.3) is 0 Å². The fraction of sp³-hybridized carbons (Fsp3) is 0.0189. The molecule has 1 heteroatoms. The molecular formula is C53H37N. The molecule has 9 aromatic rings. The highest BCUT2D eigenvalue weighted by atomic mass is 15.1. The first kappa shape index (κ1) is 31.7. The van der Waals surface area contributed by atoms with E-state index in [4.69, 9.17) is 0 Å². The van der Waals surface area contributed by atoms with Gasteiger partial charge < -0.3 is 4.90 Å². The van der Waals surface area contributed by atoms with Gasteiger partial charge in [0.15, 0.2) is 0 Å². The number of fused-ring (bicyclic) bond motifs is 4. The lowest BCUT2D eigenvalue weighted by Gasteiger charge is -2.34. The van der Waals surface area contributed by atoms with Crippen molar-refractivity contribution in [1.29, 1.82) is 0 Å². The Morgan fingerprint density at radius 1 is 0.315 bits per heavy atom. The third-order valence-corrected chi connectivity index (χ3v) is 11.1. The molecule has 10 rings (SSSR count). The number of hydrogen-bond donors (Lipinski definition) is 0. The van der Waals surface area contributed by atoms with Gasteiger partial charge in [-0.05, 0) is 97.2 Å². The summed E-state index contributed by atoms with van der Waals surface area (Å²) in [4.78, 5) is 2.46. The van der Waals surface area contributed by atoms with Crippen LogP contribution in [0.5, 0.6) is 0 Å². The predicted octanol–water partition coefficient (Wildman–Crippen LogP) is 14.0. The molecule has 1 nitrogen and oxygen atoms in total. The van der Waals surface area contributed by atoms with Gasteiger partial charge in [0.1, 0.15) is 0 Å². The number of hydrogen-bond acceptors (Lipinski definition) is 1. The summed E-state index contributed by atoms with van der Waals surface area (Å²) in [7, 11) is 0. The van der Waals surface area contributed by atoms with Crippen molar-refractivity contribution in [2.75, 3.05) is 4.90 Å². The van der Waals surface area contributed by atoms with Gasteiger partial charge in [-0.25, -0.2) is 0 Å². The van der Waals surface area contributed by atoms with Gasteiger partial charge in [0, 0.05) is 16.9 Å². The summed E-state index contributed by atoms with van der Waals surface area (Å²) in [5.74, 6) is 0. The maximum absolute atomic E-state index is 2.46. The zero-order valence-electron chi connectivity index (χ0n) is 29.8. The van der Waals surface area contributed by atoms with Gasteiger partial charge >= 0.3 is 0 Å². The van der Waals surface area contributed by atoms with Crippen LogP contribution >= 0.6 is 0 Å². The minimum Gasteiger partial charge on any atom is -0.310 e. The van der Waals surface area contributed by atoms with Gasteiger partial charge in [-0.15, -0.1) is 0 Å². The second-order valence-corrected chi connectivity index (χ2v) is 14.1. The van der Waals surface area contributed by atoms with Crippen molar-refractivity contribution in [2.45, 2.75) is 5.41 Å². The second-order valence-electron chi connectivity index (χ2n) is 14.1. The molecule has 254 valence electrons. The van der Waals surface area contributed by atoms with Gasteiger partial charge in [-0.2, -0.15) is 0 Å². The van der Waals surface area contributed by atoms with Crippen molar-refractivity contribution < 1.29 is 0 Å². The van der Waals surface area contributed by atoms with E-state index in [1.165, 1.54) is 66.4 Å². The van der Waals surface area contributed by atoms with Crippen molar-refractivity contribution >= 4 is 27.8 Å². The van der Waals surface area contributed by atoms with Crippen LogP contribution in [0.4, 0.5) is 17.1 Å². The fourth-order valence-corrected chi connectivity index (χ4v) is 8.70. The zero-order chi connectivity index (χ0) is 35.9. The first-order valence-electron chi connectivity index (χ1n) is 18.7. The van der Waals surface area contributed by atoms with E-state index in [-0.39, 0.29) is 0 Å². The van der Waals surface area contributed by atoms with Crippen LogP contribution in [0.25, 0.3) is 44.2 Å². The topological polar surface area (TPSA) is 3.24 Å². The Morgan fingerprint density at radius 3 is 1.46 bits per heavy atom. The standard InChI is InChI=1S/C53H37N/c1-5-16-38(17-6-1)40-30-33-46(34-31-40)54(47-35-32-42-36-41(28-29-43(42)37-47)39-18-7-2-8-19-39)51-27-15-26-50-52(51)48-24-13-14-25-49(48)53(50,44-20-9-3-10-21-44)45-22-11-4-12-23-45/h1-37H. The molecule has 1 aliphatic rings. The maximum Gasteiger partial charge on any atom is 0.0714 e. The molecule has 0 radical (unpaired) electrons. The second kappa shape index (κ2) is 13.2. The van der Waals surface area contributed by atoms with Gasteiger partial charge in [0.2, 0.25) is 0 Å². The highest BCUT2D eigenvalue weighted by Gasteiger charge is 2.47. The summed E-state index contributed by atoms with van der Waals surface area (Å²) in [6.07, 6.45) is 0. The van der Waals surface area contributed by atoms with Gasteiger partial charge in [0.05, 0.1) is 11.1 Å². The van der Waals surface area contributed by atoms with Crippen LogP contribution in [0.3, 0.4) is 0 Å².